The van der Waals surface area contributed by atoms with Gasteiger partial charge in [-0.05, 0) is 69.1 Å². The molecule has 32 heavy (non-hydrogen) atoms. The highest BCUT2D eigenvalue weighted by molar-refractivity contribution is 8.01. The topological polar surface area (TPSA) is 78.5 Å². The maximum atomic E-state index is 12.8. The molecular formula is C20H22F3N3O3S3. The quantitative estimate of drug-likeness (QED) is 0.610. The molecule has 2 N–H and O–H groups in total. The molecule has 0 aliphatic carbocycles. The Morgan fingerprint density at radius 3 is 2.56 bits per heavy atom. The lowest BCUT2D eigenvalue weighted by Gasteiger charge is -2.49. The lowest BCUT2D eigenvalue weighted by atomic mass is 9.79. The number of thiophene rings is 1. The van der Waals surface area contributed by atoms with E-state index in [0.29, 0.717) is 21.7 Å². The fraction of sp³-hybridized carbons (Fsp3) is 0.450. The molecule has 2 atom stereocenters. The smallest absolute Gasteiger partial charge is 0.347 e. The molecular weight excluding hydrogens is 483 g/mol. The van der Waals surface area contributed by atoms with E-state index in [2.05, 4.69) is 17.1 Å². The number of nitrogens with one attached hydrogen (secondary N) is 2. The summed E-state index contributed by atoms with van der Waals surface area (Å²) in [4.78, 5) is 16.3. The number of hydrogen-bond acceptors (Lipinski definition) is 6. The molecule has 2 aromatic rings. The van der Waals surface area contributed by atoms with Crippen molar-refractivity contribution in [2.75, 3.05) is 17.8 Å². The summed E-state index contributed by atoms with van der Waals surface area (Å²) in [6.07, 6.45) is 2.19. The SMILES string of the molecule is CC1C(NC(=O)c2ccc(Sc3cccc(NS(=O)(=O)C(F)(F)F)c3)s2)C2CCN1CC2. The van der Waals surface area contributed by atoms with Gasteiger partial charge in [-0.15, -0.1) is 11.3 Å². The van der Waals surface area contributed by atoms with Crippen molar-refractivity contribution < 1.29 is 26.4 Å². The van der Waals surface area contributed by atoms with Crippen LogP contribution in [0.2, 0.25) is 0 Å². The fourth-order valence-corrected chi connectivity index (χ4v) is 6.84. The van der Waals surface area contributed by atoms with Gasteiger partial charge in [-0.1, -0.05) is 17.8 Å². The molecule has 3 aliphatic heterocycles. The summed E-state index contributed by atoms with van der Waals surface area (Å²) >= 11 is 2.53. The number of alkyl halides is 3. The molecule has 2 unspecified atom stereocenters. The van der Waals surface area contributed by atoms with Gasteiger partial charge in [0.2, 0.25) is 0 Å². The third-order valence-electron chi connectivity index (χ3n) is 5.89. The minimum absolute atomic E-state index is 0.126. The van der Waals surface area contributed by atoms with Crippen LogP contribution in [0.1, 0.15) is 29.4 Å². The average Bonchev–Trinajstić information content (AvgIpc) is 3.18. The van der Waals surface area contributed by atoms with Gasteiger partial charge in [-0.3, -0.25) is 14.4 Å². The number of carbonyl (C=O) groups excluding carboxylic acids is 1. The largest absolute Gasteiger partial charge is 0.516 e. The predicted molar refractivity (Wildman–Crippen MR) is 118 cm³/mol. The summed E-state index contributed by atoms with van der Waals surface area (Å²) in [6.45, 7) is 4.30. The standard InChI is InChI=1S/C20H22F3N3O3S3/c1-12-18(13-7-9-26(12)10-8-13)24-19(27)16-5-6-17(31-16)30-15-4-2-3-14(11-15)25-32(28,29)20(21,22)23/h2-6,11-13,18,25H,7-10H2,1H3,(H,24,27). The summed E-state index contributed by atoms with van der Waals surface area (Å²) in [5, 5.41) is 3.18. The van der Waals surface area contributed by atoms with Gasteiger partial charge in [0.05, 0.1) is 9.09 Å². The Morgan fingerprint density at radius 1 is 1.19 bits per heavy atom. The van der Waals surface area contributed by atoms with Gasteiger partial charge in [-0.25, -0.2) is 0 Å². The molecule has 4 heterocycles. The number of hydrogen-bond donors (Lipinski definition) is 2. The van der Waals surface area contributed by atoms with Crippen molar-refractivity contribution in [1.82, 2.24) is 10.2 Å². The van der Waals surface area contributed by atoms with E-state index in [1.807, 2.05) is 0 Å². The van der Waals surface area contributed by atoms with Gasteiger partial charge in [0.25, 0.3) is 5.91 Å². The first kappa shape index (κ1) is 23.4. The van der Waals surface area contributed by atoms with E-state index in [1.165, 1.54) is 46.0 Å². The Labute approximate surface area is 192 Å². The van der Waals surface area contributed by atoms with Gasteiger partial charge >= 0.3 is 15.5 Å². The summed E-state index contributed by atoms with van der Waals surface area (Å²) < 4.78 is 62.7. The maximum Gasteiger partial charge on any atom is 0.516 e. The van der Waals surface area contributed by atoms with Crippen LogP contribution >= 0.6 is 23.1 Å². The molecule has 1 aromatic heterocycles. The van der Waals surface area contributed by atoms with Gasteiger partial charge < -0.3 is 5.32 Å². The summed E-state index contributed by atoms with van der Waals surface area (Å²) in [5.74, 6) is 0.370. The third-order valence-corrected chi connectivity index (χ3v) is 9.21. The monoisotopic (exact) mass is 505 g/mol. The number of rotatable bonds is 6. The summed E-state index contributed by atoms with van der Waals surface area (Å²) in [6, 6.07) is 9.63. The molecule has 0 saturated carbocycles. The van der Waals surface area contributed by atoms with Crippen LogP contribution in [0, 0.1) is 5.92 Å². The Balaban J connectivity index is 1.41. The molecule has 2 bridgehead atoms. The van der Waals surface area contributed by atoms with Crippen LogP contribution in [0.3, 0.4) is 0 Å². The lowest BCUT2D eigenvalue weighted by Crippen LogP contribution is -2.62. The Kier molecular flexibility index (Phi) is 6.49. The number of piperidine rings is 3. The highest BCUT2D eigenvalue weighted by atomic mass is 32.2. The van der Waals surface area contributed by atoms with E-state index < -0.39 is 15.5 Å². The Morgan fingerprint density at radius 2 is 1.91 bits per heavy atom. The van der Waals surface area contributed by atoms with Crippen molar-refractivity contribution >= 4 is 44.7 Å². The number of halogens is 3. The van der Waals surface area contributed by atoms with Crippen molar-refractivity contribution in [2.45, 2.75) is 46.5 Å². The molecule has 6 nitrogen and oxygen atoms in total. The highest BCUT2D eigenvalue weighted by Gasteiger charge is 2.46. The van der Waals surface area contributed by atoms with Crippen molar-refractivity contribution in [3.63, 3.8) is 0 Å². The normalized spacial score (nSPS) is 25.5. The van der Waals surface area contributed by atoms with Crippen LogP contribution in [0.15, 0.2) is 45.5 Å². The zero-order valence-corrected chi connectivity index (χ0v) is 19.5. The van der Waals surface area contributed by atoms with Crippen LogP contribution in [0.4, 0.5) is 18.9 Å². The number of sulfonamides is 1. The number of nitrogens with zero attached hydrogens (tertiary/aromatic N) is 1. The van der Waals surface area contributed by atoms with Crippen molar-refractivity contribution in [1.29, 1.82) is 0 Å². The molecule has 5 rings (SSSR count). The van der Waals surface area contributed by atoms with E-state index in [1.54, 1.807) is 18.2 Å². The van der Waals surface area contributed by atoms with Crippen molar-refractivity contribution in [3.8, 4) is 0 Å². The second-order valence-corrected chi connectivity index (χ2v) is 12.0. The minimum atomic E-state index is -5.48. The summed E-state index contributed by atoms with van der Waals surface area (Å²) in [7, 11) is -5.48. The van der Waals surface area contributed by atoms with E-state index >= 15 is 0 Å². The maximum absolute atomic E-state index is 12.8. The third kappa shape index (κ3) is 4.92. The van der Waals surface area contributed by atoms with Crippen LogP contribution in [-0.4, -0.2) is 49.9 Å². The number of anilines is 1. The van der Waals surface area contributed by atoms with Gasteiger partial charge in [0.1, 0.15) is 0 Å². The first-order chi connectivity index (χ1) is 15.0. The van der Waals surface area contributed by atoms with Crippen molar-refractivity contribution in [2.24, 2.45) is 5.92 Å². The lowest BCUT2D eigenvalue weighted by molar-refractivity contribution is -0.0429. The van der Waals surface area contributed by atoms with Crippen molar-refractivity contribution in [3.05, 3.63) is 41.3 Å². The zero-order valence-electron chi connectivity index (χ0n) is 17.1. The second kappa shape index (κ2) is 8.88. The molecule has 1 amide bonds. The van der Waals surface area contributed by atoms with Gasteiger partial charge in [0.15, 0.2) is 0 Å². The fourth-order valence-electron chi connectivity index (χ4n) is 4.22. The first-order valence-electron chi connectivity index (χ1n) is 10.1. The first-order valence-corrected chi connectivity index (χ1v) is 13.2. The van der Waals surface area contributed by atoms with Crippen LogP contribution < -0.4 is 10.0 Å². The number of benzene rings is 1. The summed E-state index contributed by atoms with van der Waals surface area (Å²) in [5.41, 5.74) is -5.57. The Hall–Kier alpha value is -1.76. The highest BCUT2D eigenvalue weighted by Crippen LogP contribution is 2.36. The predicted octanol–water partition coefficient (Wildman–Crippen LogP) is 4.37. The molecule has 3 fully saturated rings. The molecule has 1 aromatic carbocycles. The molecule has 174 valence electrons. The molecule has 0 radical (unpaired) electrons. The average molecular weight is 506 g/mol. The van der Waals surface area contributed by atoms with Gasteiger partial charge in [0, 0.05) is 22.7 Å². The molecule has 3 aliphatic rings. The number of fused-ring (bicyclic) bond motifs is 3. The molecule has 3 saturated heterocycles. The van der Waals surface area contributed by atoms with Crippen LogP contribution in [0.5, 0.6) is 0 Å². The van der Waals surface area contributed by atoms with Crippen LogP contribution in [0.25, 0.3) is 0 Å². The minimum Gasteiger partial charge on any atom is -0.347 e. The Bertz CT molecular complexity index is 1090. The number of carbonyl (C=O) groups is 1. The molecule has 0 spiro atoms. The second-order valence-electron chi connectivity index (χ2n) is 7.91. The van der Waals surface area contributed by atoms with Gasteiger partial charge in [-0.2, -0.15) is 21.6 Å². The number of amides is 1. The van der Waals surface area contributed by atoms with E-state index in [9.17, 15) is 26.4 Å². The van der Waals surface area contributed by atoms with E-state index in [-0.39, 0.29) is 17.6 Å². The molecule has 12 heteroatoms. The van der Waals surface area contributed by atoms with Crippen LogP contribution in [-0.2, 0) is 10.0 Å². The van der Waals surface area contributed by atoms with E-state index in [4.69, 9.17) is 0 Å². The van der Waals surface area contributed by atoms with E-state index in [0.717, 1.165) is 30.1 Å². The zero-order chi connectivity index (χ0) is 23.1.